The Labute approximate surface area is 145 Å². The topological polar surface area (TPSA) is 78.8 Å². The number of thiazole rings is 1. The summed E-state index contributed by atoms with van der Waals surface area (Å²) in [6.45, 7) is 0.809. The van der Waals surface area contributed by atoms with Crippen molar-refractivity contribution >= 4 is 23.0 Å². The number of rotatable bonds is 5. The lowest BCUT2D eigenvalue weighted by molar-refractivity contribution is -0.0498. The van der Waals surface area contributed by atoms with E-state index in [0.29, 0.717) is 10.1 Å². The molecule has 0 saturated heterocycles. The Kier molecular flexibility index (Phi) is 5.83. The molecule has 0 aliphatic rings. The van der Waals surface area contributed by atoms with Gasteiger partial charge in [0, 0.05) is 6.54 Å². The normalized spacial score (nSPS) is 11.0. The Balaban J connectivity index is 2.59. The second-order valence-corrected chi connectivity index (χ2v) is 5.70. The summed E-state index contributed by atoms with van der Waals surface area (Å²) in [6.07, 6.45) is 3.04. The van der Waals surface area contributed by atoms with Crippen LogP contribution in [-0.2, 0) is 6.54 Å². The molecule has 0 aliphatic heterocycles. The lowest BCUT2D eigenvalue weighted by atomic mass is 10.2. The molecule has 1 aromatic heterocycles. The fourth-order valence-electron chi connectivity index (χ4n) is 2.02. The minimum atomic E-state index is -2.91. The van der Waals surface area contributed by atoms with Gasteiger partial charge in [0.1, 0.15) is 22.6 Å². The lowest BCUT2D eigenvalue weighted by Gasteiger charge is -2.03. The first-order valence-electron chi connectivity index (χ1n) is 6.91. The highest BCUT2D eigenvalue weighted by molar-refractivity contribution is 7.07. The molecule has 0 N–H and O–H groups in total. The van der Waals surface area contributed by atoms with Crippen molar-refractivity contribution in [3.63, 3.8) is 0 Å². The quantitative estimate of drug-likeness (QED) is 0.762. The molecule has 0 amide bonds. The molecule has 0 saturated carbocycles. The Hall–Kier alpha value is -3.23. The van der Waals surface area contributed by atoms with Gasteiger partial charge in [0.15, 0.2) is 5.57 Å². The maximum Gasteiger partial charge on any atom is 0.387 e. The van der Waals surface area contributed by atoms with Crippen LogP contribution in [0.1, 0.15) is 5.56 Å². The number of benzene rings is 1. The molecule has 1 aromatic carbocycles. The van der Waals surface area contributed by atoms with E-state index in [1.165, 1.54) is 34.9 Å². The van der Waals surface area contributed by atoms with Crippen LogP contribution in [0, 0.1) is 22.7 Å². The third kappa shape index (κ3) is 4.19. The zero-order valence-electron chi connectivity index (χ0n) is 12.8. The number of nitriles is 2. The van der Waals surface area contributed by atoms with Gasteiger partial charge >= 0.3 is 6.61 Å². The highest BCUT2D eigenvalue weighted by atomic mass is 32.1. The van der Waals surface area contributed by atoms with Crippen molar-refractivity contribution in [3.05, 3.63) is 62.0 Å². The number of halogens is 2. The average Bonchev–Trinajstić information content (AvgIpc) is 2.87. The number of alkyl halides is 2. The van der Waals surface area contributed by atoms with Gasteiger partial charge in [-0.2, -0.15) is 19.3 Å². The number of hydrogen-bond acceptors (Lipinski definition) is 5. The Morgan fingerprint density at radius 3 is 2.48 bits per heavy atom. The summed E-state index contributed by atoms with van der Waals surface area (Å²) >= 11 is 1.01. The second kappa shape index (κ2) is 8.04. The Bertz CT molecular complexity index is 1020. The molecule has 0 spiro atoms. The summed E-state index contributed by atoms with van der Waals surface area (Å²) in [5, 5.41) is 18.1. The van der Waals surface area contributed by atoms with Crippen LogP contribution in [0.4, 0.5) is 8.78 Å². The van der Waals surface area contributed by atoms with Gasteiger partial charge in [-0.3, -0.25) is 9.36 Å². The van der Waals surface area contributed by atoms with Gasteiger partial charge in [0.2, 0.25) is 0 Å². The van der Waals surface area contributed by atoms with E-state index in [2.05, 4.69) is 11.3 Å². The van der Waals surface area contributed by atoms with Crippen LogP contribution < -0.4 is 19.5 Å². The molecule has 2 aromatic rings. The predicted octanol–water partition coefficient (Wildman–Crippen LogP) is 1.72. The van der Waals surface area contributed by atoms with Gasteiger partial charge in [-0.1, -0.05) is 18.2 Å². The molecule has 2 rings (SSSR count). The standard InChI is InChI=1S/C17H11F2N3O2S/c1-2-7-22-15(23)14(25-16(22)12(9-20)10-21)8-11-3-5-13(6-4-11)24-17(18)19/h2-6,8,17H,1,7H2/b14-8+. The van der Waals surface area contributed by atoms with E-state index >= 15 is 0 Å². The first kappa shape index (κ1) is 18.1. The van der Waals surface area contributed by atoms with Crippen molar-refractivity contribution in [3.8, 4) is 17.9 Å². The van der Waals surface area contributed by atoms with Crippen molar-refractivity contribution in [2.24, 2.45) is 0 Å². The van der Waals surface area contributed by atoms with E-state index in [-0.39, 0.29) is 28.1 Å². The minimum Gasteiger partial charge on any atom is -0.435 e. The Morgan fingerprint density at radius 2 is 1.96 bits per heavy atom. The zero-order valence-corrected chi connectivity index (χ0v) is 13.6. The van der Waals surface area contributed by atoms with E-state index < -0.39 is 6.61 Å². The minimum absolute atomic E-state index is 0.00710. The van der Waals surface area contributed by atoms with E-state index in [1.807, 2.05) is 0 Å². The molecule has 0 bridgehead atoms. The van der Waals surface area contributed by atoms with E-state index in [0.717, 1.165) is 11.3 Å². The van der Waals surface area contributed by atoms with Gasteiger partial charge in [0.25, 0.3) is 5.56 Å². The summed E-state index contributed by atoms with van der Waals surface area (Å²) in [6, 6.07) is 9.29. The molecule has 25 heavy (non-hydrogen) atoms. The van der Waals surface area contributed by atoms with E-state index in [1.54, 1.807) is 18.2 Å². The monoisotopic (exact) mass is 359 g/mol. The van der Waals surface area contributed by atoms with Crippen LogP contribution in [0.25, 0.3) is 11.6 Å². The van der Waals surface area contributed by atoms with Crippen LogP contribution in [0.5, 0.6) is 5.75 Å². The molecule has 8 heteroatoms. The number of allylic oxidation sites excluding steroid dienone is 1. The third-order valence-corrected chi connectivity index (χ3v) is 4.19. The zero-order chi connectivity index (χ0) is 18.4. The van der Waals surface area contributed by atoms with Gasteiger partial charge in [0.05, 0.1) is 4.53 Å². The molecular weight excluding hydrogens is 348 g/mol. The van der Waals surface area contributed by atoms with Gasteiger partial charge < -0.3 is 4.74 Å². The molecule has 5 nitrogen and oxygen atoms in total. The Morgan fingerprint density at radius 1 is 1.32 bits per heavy atom. The van der Waals surface area contributed by atoms with Gasteiger partial charge in [-0.25, -0.2) is 0 Å². The fraction of sp³-hybridized carbons (Fsp3) is 0.118. The summed E-state index contributed by atoms with van der Waals surface area (Å²) in [5.41, 5.74) is 0.0628. The van der Waals surface area contributed by atoms with Crippen molar-refractivity contribution in [2.45, 2.75) is 13.2 Å². The number of aromatic nitrogens is 1. The molecule has 126 valence electrons. The molecule has 0 radical (unpaired) electrons. The maximum absolute atomic E-state index is 12.5. The van der Waals surface area contributed by atoms with Gasteiger partial charge in [-0.05, 0) is 23.8 Å². The van der Waals surface area contributed by atoms with E-state index in [4.69, 9.17) is 10.5 Å². The summed E-state index contributed by atoms with van der Waals surface area (Å²) in [7, 11) is 0. The number of nitrogens with zero attached hydrogens (tertiary/aromatic N) is 3. The van der Waals surface area contributed by atoms with Crippen LogP contribution >= 0.6 is 11.3 Å². The number of hydrogen-bond donors (Lipinski definition) is 0. The largest absolute Gasteiger partial charge is 0.435 e. The first-order chi connectivity index (χ1) is 12.0. The van der Waals surface area contributed by atoms with Crippen LogP contribution in [0.2, 0.25) is 0 Å². The molecular formula is C17H11F2N3O2S. The van der Waals surface area contributed by atoms with Crippen molar-refractivity contribution in [1.29, 1.82) is 10.5 Å². The summed E-state index contributed by atoms with van der Waals surface area (Å²) in [5.74, 6) is 0.00710. The lowest BCUT2D eigenvalue weighted by Crippen LogP contribution is -2.31. The SMILES string of the molecule is C=CCn1c(=C(C#N)C#N)s/c(=C/c2ccc(OC(F)F)cc2)c1=O. The van der Waals surface area contributed by atoms with E-state index in [9.17, 15) is 13.6 Å². The second-order valence-electron chi connectivity index (χ2n) is 4.67. The average molecular weight is 359 g/mol. The molecule has 0 unspecified atom stereocenters. The molecule has 0 aliphatic carbocycles. The maximum atomic E-state index is 12.5. The van der Waals surface area contributed by atoms with Gasteiger partial charge in [-0.15, -0.1) is 17.9 Å². The summed E-state index contributed by atoms with van der Waals surface area (Å²) in [4.78, 5) is 12.5. The number of ether oxygens (including phenoxy) is 1. The highest BCUT2D eigenvalue weighted by Crippen LogP contribution is 2.15. The smallest absolute Gasteiger partial charge is 0.387 e. The highest BCUT2D eigenvalue weighted by Gasteiger charge is 2.08. The fourth-order valence-corrected chi connectivity index (χ4v) is 3.08. The molecule has 1 heterocycles. The van der Waals surface area contributed by atoms with Crippen molar-refractivity contribution < 1.29 is 13.5 Å². The first-order valence-corrected chi connectivity index (χ1v) is 7.73. The summed E-state index contributed by atoms with van der Waals surface area (Å²) < 4.78 is 30.4. The van der Waals surface area contributed by atoms with Crippen LogP contribution in [-0.4, -0.2) is 11.2 Å². The molecule has 0 atom stereocenters. The third-order valence-electron chi connectivity index (χ3n) is 3.06. The molecule has 0 fully saturated rings. The van der Waals surface area contributed by atoms with Crippen molar-refractivity contribution in [2.75, 3.05) is 0 Å². The van der Waals surface area contributed by atoms with Crippen LogP contribution in [0.15, 0.2) is 41.7 Å². The van der Waals surface area contributed by atoms with Crippen molar-refractivity contribution in [1.82, 2.24) is 4.57 Å². The predicted molar refractivity (Wildman–Crippen MR) is 89.3 cm³/mol. The van der Waals surface area contributed by atoms with Crippen LogP contribution in [0.3, 0.4) is 0 Å².